The third-order valence-corrected chi connectivity index (χ3v) is 7.18. The molecule has 0 radical (unpaired) electrons. The molecule has 13 heteroatoms. The Bertz CT molecular complexity index is 1480. The van der Waals surface area contributed by atoms with Crippen molar-refractivity contribution < 1.29 is 27.9 Å². The first kappa shape index (κ1) is 26.7. The standard InChI is InChI=1S/C24H21ClF3N5O3S/c1-12(7-19(35)14-3-4-18-17(8-14)31-13(2)33(18)5-6-34)23-30-11-20(37-23)22(36)32-21-9-15(24(26,27)28)16(25)10-29-21/h3-4,8-12,34H,5-7H2,1-2H3,(H,29,32,36)/t12-/m0/s1. The SMILES string of the molecule is Cc1nc2cc(C(=O)C[C@H](C)c3ncc(C(=O)Nc4cc(C(F)(F)F)c(Cl)cn4)s3)ccc2n1CCO. The molecule has 0 aliphatic carbocycles. The van der Waals surface area contributed by atoms with Crippen LogP contribution in [0, 0.1) is 6.92 Å². The lowest BCUT2D eigenvalue weighted by Crippen LogP contribution is -2.13. The summed E-state index contributed by atoms with van der Waals surface area (Å²) in [6, 6.07) is 5.88. The van der Waals surface area contributed by atoms with Crippen LogP contribution in [0.5, 0.6) is 0 Å². The Morgan fingerprint density at radius 3 is 2.68 bits per heavy atom. The van der Waals surface area contributed by atoms with Crippen molar-refractivity contribution in [3.05, 3.63) is 68.5 Å². The molecular formula is C24H21ClF3N5O3S. The number of benzene rings is 1. The van der Waals surface area contributed by atoms with Crippen molar-refractivity contribution >= 4 is 51.5 Å². The highest BCUT2D eigenvalue weighted by atomic mass is 35.5. The largest absolute Gasteiger partial charge is 0.418 e. The Hall–Kier alpha value is -3.35. The van der Waals surface area contributed by atoms with Gasteiger partial charge in [0, 0.05) is 30.6 Å². The fourth-order valence-electron chi connectivity index (χ4n) is 3.81. The summed E-state index contributed by atoms with van der Waals surface area (Å²) >= 11 is 6.60. The molecule has 1 aromatic carbocycles. The molecule has 1 atom stereocenters. The highest BCUT2D eigenvalue weighted by molar-refractivity contribution is 7.13. The van der Waals surface area contributed by atoms with E-state index in [1.165, 1.54) is 6.20 Å². The van der Waals surface area contributed by atoms with E-state index in [9.17, 15) is 27.9 Å². The molecule has 0 aliphatic heterocycles. The summed E-state index contributed by atoms with van der Waals surface area (Å²) in [7, 11) is 0. The fraction of sp³-hybridized carbons (Fsp3) is 0.292. The highest BCUT2D eigenvalue weighted by Gasteiger charge is 2.34. The molecule has 0 saturated carbocycles. The summed E-state index contributed by atoms with van der Waals surface area (Å²) in [6.45, 7) is 4.01. The molecule has 1 amide bonds. The maximum Gasteiger partial charge on any atom is 0.418 e. The number of ketones is 1. The fourth-order valence-corrected chi connectivity index (χ4v) is 4.89. The minimum Gasteiger partial charge on any atom is -0.395 e. The van der Waals surface area contributed by atoms with E-state index in [4.69, 9.17) is 11.6 Å². The van der Waals surface area contributed by atoms with Gasteiger partial charge in [-0.05, 0) is 31.2 Å². The lowest BCUT2D eigenvalue weighted by molar-refractivity contribution is -0.137. The summed E-state index contributed by atoms with van der Waals surface area (Å²) in [5, 5.41) is 11.5. The van der Waals surface area contributed by atoms with Gasteiger partial charge < -0.3 is 15.0 Å². The molecule has 3 heterocycles. The molecule has 0 fully saturated rings. The second-order valence-corrected chi connectivity index (χ2v) is 9.80. The lowest BCUT2D eigenvalue weighted by Gasteiger charge is -2.10. The van der Waals surface area contributed by atoms with Crippen molar-refractivity contribution in [2.24, 2.45) is 0 Å². The second-order valence-electron chi connectivity index (χ2n) is 8.33. The molecule has 2 N–H and O–H groups in total. The Labute approximate surface area is 218 Å². The third kappa shape index (κ3) is 5.81. The van der Waals surface area contributed by atoms with E-state index in [0.717, 1.165) is 28.9 Å². The number of aromatic nitrogens is 4. The molecule has 4 rings (SSSR count). The van der Waals surface area contributed by atoms with Crippen LogP contribution in [0.2, 0.25) is 5.02 Å². The van der Waals surface area contributed by atoms with E-state index >= 15 is 0 Å². The Morgan fingerprint density at radius 2 is 1.97 bits per heavy atom. The van der Waals surface area contributed by atoms with Gasteiger partial charge in [0.25, 0.3) is 5.91 Å². The zero-order valence-corrected chi connectivity index (χ0v) is 21.2. The Balaban J connectivity index is 1.44. The number of hydrogen-bond acceptors (Lipinski definition) is 7. The Kier molecular flexibility index (Phi) is 7.62. The van der Waals surface area contributed by atoms with Gasteiger partial charge in [0.05, 0.1) is 39.4 Å². The van der Waals surface area contributed by atoms with Crippen LogP contribution in [-0.2, 0) is 12.7 Å². The topological polar surface area (TPSA) is 110 Å². The van der Waals surface area contributed by atoms with Crippen molar-refractivity contribution in [3.8, 4) is 0 Å². The van der Waals surface area contributed by atoms with Gasteiger partial charge in [0.1, 0.15) is 16.5 Å². The van der Waals surface area contributed by atoms with Gasteiger partial charge >= 0.3 is 6.18 Å². The average Bonchev–Trinajstić information content (AvgIpc) is 3.45. The first-order chi connectivity index (χ1) is 17.5. The number of aliphatic hydroxyl groups excluding tert-OH is 1. The van der Waals surface area contributed by atoms with Crippen molar-refractivity contribution in [1.82, 2.24) is 19.5 Å². The molecule has 194 valence electrons. The number of pyridine rings is 1. The number of thiazole rings is 1. The molecule has 0 saturated heterocycles. The quantitative estimate of drug-likeness (QED) is 0.280. The number of amides is 1. The van der Waals surface area contributed by atoms with Crippen LogP contribution in [0.15, 0.2) is 36.7 Å². The normalized spacial score (nSPS) is 12.6. The second kappa shape index (κ2) is 10.6. The zero-order valence-electron chi connectivity index (χ0n) is 19.6. The minimum atomic E-state index is -4.69. The number of anilines is 1. The molecule has 0 aliphatic rings. The monoisotopic (exact) mass is 551 g/mol. The predicted octanol–water partition coefficient (Wildman–Crippen LogP) is 5.49. The number of aliphatic hydroxyl groups is 1. The number of halogens is 4. The summed E-state index contributed by atoms with van der Waals surface area (Å²) in [5.74, 6) is -0.681. The smallest absolute Gasteiger partial charge is 0.395 e. The van der Waals surface area contributed by atoms with E-state index in [2.05, 4.69) is 20.3 Å². The van der Waals surface area contributed by atoms with E-state index in [-0.39, 0.29) is 35.4 Å². The lowest BCUT2D eigenvalue weighted by atomic mass is 10.00. The van der Waals surface area contributed by atoms with Gasteiger partial charge in [-0.25, -0.2) is 15.0 Å². The molecule has 8 nitrogen and oxygen atoms in total. The van der Waals surface area contributed by atoms with Crippen LogP contribution >= 0.6 is 22.9 Å². The van der Waals surface area contributed by atoms with Gasteiger partial charge in [0.15, 0.2) is 5.78 Å². The van der Waals surface area contributed by atoms with Crippen LogP contribution in [0.4, 0.5) is 19.0 Å². The number of imidazole rings is 1. The van der Waals surface area contributed by atoms with E-state index in [1.807, 2.05) is 11.5 Å². The van der Waals surface area contributed by atoms with Crippen LogP contribution < -0.4 is 5.32 Å². The van der Waals surface area contributed by atoms with Crippen LogP contribution in [-0.4, -0.2) is 42.9 Å². The van der Waals surface area contributed by atoms with E-state index in [1.54, 1.807) is 25.1 Å². The van der Waals surface area contributed by atoms with Gasteiger partial charge in [-0.3, -0.25) is 9.59 Å². The number of alkyl halides is 3. The third-order valence-electron chi connectivity index (χ3n) is 5.65. The summed E-state index contributed by atoms with van der Waals surface area (Å²) in [4.78, 5) is 38.1. The summed E-state index contributed by atoms with van der Waals surface area (Å²) in [6.07, 6.45) is -2.44. The van der Waals surface area contributed by atoms with E-state index in [0.29, 0.717) is 28.7 Å². The van der Waals surface area contributed by atoms with Gasteiger partial charge in [0.2, 0.25) is 0 Å². The maximum atomic E-state index is 13.1. The first-order valence-corrected chi connectivity index (χ1v) is 12.3. The number of nitrogens with one attached hydrogen (secondary N) is 1. The average molecular weight is 552 g/mol. The van der Waals surface area contributed by atoms with Gasteiger partial charge in [-0.2, -0.15) is 13.2 Å². The number of nitrogens with zero attached hydrogens (tertiary/aromatic N) is 4. The van der Waals surface area contributed by atoms with E-state index < -0.39 is 22.7 Å². The number of Topliss-reactive ketones (excluding diaryl/α,β-unsaturated/α-hetero) is 1. The number of carbonyl (C=O) groups is 2. The van der Waals surface area contributed by atoms with Gasteiger partial charge in [-0.1, -0.05) is 18.5 Å². The summed E-state index contributed by atoms with van der Waals surface area (Å²) in [5.41, 5.74) is 0.855. The van der Waals surface area contributed by atoms with Crippen LogP contribution in [0.25, 0.3) is 11.0 Å². The Morgan fingerprint density at radius 1 is 1.22 bits per heavy atom. The van der Waals surface area contributed by atoms with Crippen molar-refractivity contribution in [3.63, 3.8) is 0 Å². The number of hydrogen-bond donors (Lipinski definition) is 2. The van der Waals surface area contributed by atoms with Crippen LogP contribution in [0.1, 0.15) is 55.7 Å². The minimum absolute atomic E-state index is 0.0247. The molecule has 4 aromatic rings. The number of aryl methyl sites for hydroxylation is 1. The molecule has 3 aromatic heterocycles. The molecule has 0 bridgehead atoms. The zero-order chi connectivity index (χ0) is 26.9. The van der Waals surface area contributed by atoms with Crippen molar-refractivity contribution in [2.45, 2.75) is 38.9 Å². The predicted molar refractivity (Wildman–Crippen MR) is 133 cm³/mol. The molecule has 0 unspecified atom stereocenters. The number of carbonyl (C=O) groups excluding carboxylic acids is 2. The van der Waals surface area contributed by atoms with Crippen molar-refractivity contribution in [1.29, 1.82) is 0 Å². The van der Waals surface area contributed by atoms with Crippen LogP contribution in [0.3, 0.4) is 0 Å². The van der Waals surface area contributed by atoms with Gasteiger partial charge in [-0.15, -0.1) is 11.3 Å². The first-order valence-electron chi connectivity index (χ1n) is 11.1. The molecule has 0 spiro atoms. The summed E-state index contributed by atoms with van der Waals surface area (Å²) < 4.78 is 41.1. The molecule has 37 heavy (non-hydrogen) atoms. The molecular weight excluding hydrogens is 531 g/mol. The number of rotatable bonds is 8. The number of fused-ring (bicyclic) bond motifs is 1. The highest BCUT2D eigenvalue weighted by Crippen LogP contribution is 2.35. The van der Waals surface area contributed by atoms with Crippen molar-refractivity contribution in [2.75, 3.05) is 11.9 Å². The maximum absolute atomic E-state index is 13.1.